The topological polar surface area (TPSA) is 34.1 Å². The van der Waals surface area contributed by atoms with E-state index in [1.54, 1.807) is 0 Å². The van der Waals surface area contributed by atoms with Gasteiger partial charge in [0.05, 0.1) is 0 Å². The van der Waals surface area contributed by atoms with Gasteiger partial charge in [0.1, 0.15) is 11.4 Å². The van der Waals surface area contributed by atoms with Gasteiger partial charge >= 0.3 is 6.13 Å². The molecule has 0 aromatic heterocycles. The lowest BCUT2D eigenvalue weighted by atomic mass is 9.72. The molecule has 0 aromatic rings. The zero-order chi connectivity index (χ0) is 6.15. The van der Waals surface area contributed by atoms with Crippen LogP contribution >= 0.6 is 11.5 Å². The molecule has 0 amide bonds. The molecular formula is C4H4BClO2. The number of rotatable bonds is 0. The normalized spacial score (nSPS) is 20.4. The van der Waals surface area contributed by atoms with E-state index in [0.717, 1.165) is 0 Å². The van der Waals surface area contributed by atoms with Crippen molar-refractivity contribution in [3.8, 4) is 0 Å². The minimum Gasteiger partial charge on any atom is -0.309 e. The van der Waals surface area contributed by atoms with Crippen molar-refractivity contribution in [3.63, 3.8) is 0 Å². The highest BCUT2D eigenvalue weighted by Gasteiger charge is 2.35. The van der Waals surface area contributed by atoms with Crippen LogP contribution in [0.2, 0.25) is 0 Å². The third-order valence-electron chi connectivity index (χ3n) is 1.18. The van der Waals surface area contributed by atoms with E-state index in [1.165, 1.54) is 0 Å². The van der Waals surface area contributed by atoms with Crippen LogP contribution in [0, 0.1) is 0 Å². The monoisotopic (exact) mass is 130 g/mol. The summed E-state index contributed by atoms with van der Waals surface area (Å²) in [5, 5.41) is 0. The molecule has 1 aliphatic rings. The summed E-state index contributed by atoms with van der Waals surface area (Å²) < 4.78 is 0. The Bertz CT molecular complexity index is 129. The summed E-state index contributed by atoms with van der Waals surface area (Å²) in [4.78, 5) is 20.9. The van der Waals surface area contributed by atoms with Crippen LogP contribution < -0.4 is 0 Å². The summed E-state index contributed by atoms with van der Waals surface area (Å²) in [7, 11) is 0. The van der Waals surface area contributed by atoms with Gasteiger partial charge in [-0.15, -0.1) is 0 Å². The Kier molecular flexibility index (Phi) is 1.38. The molecule has 1 saturated heterocycles. The van der Waals surface area contributed by atoms with Crippen molar-refractivity contribution in [2.45, 2.75) is 12.8 Å². The lowest BCUT2D eigenvalue weighted by Crippen LogP contribution is -2.19. The summed E-state index contributed by atoms with van der Waals surface area (Å²) in [5.41, 5.74) is -0.256. The van der Waals surface area contributed by atoms with Gasteiger partial charge in [0, 0.05) is 12.8 Å². The number of carbonyl (C=O) groups is 2. The van der Waals surface area contributed by atoms with E-state index >= 15 is 0 Å². The molecule has 0 N–H and O–H groups in total. The smallest absolute Gasteiger partial charge is 0.309 e. The highest BCUT2D eigenvalue weighted by molar-refractivity contribution is 7.38. The van der Waals surface area contributed by atoms with E-state index in [2.05, 4.69) is 0 Å². The molecule has 0 unspecified atom stereocenters. The van der Waals surface area contributed by atoms with Crippen LogP contribution in [-0.2, 0) is 9.59 Å². The van der Waals surface area contributed by atoms with Gasteiger partial charge in [-0.1, -0.05) is 0 Å². The summed E-state index contributed by atoms with van der Waals surface area (Å²) in [6.07, 6.45) is -0.144. The van der Waals surface area contributed by atoms with Crippen LogP contribution in [0.3, 0.4) is 0 Å². The molecule has 4 heteroatoms. The average molecular weight is 130 g/mol. The van der Waals surface area contributed by atoms with Gasteiger partial charge in [-0.25, -0.2) is 0 Å². The van der Waals surface area contributed by atoms with Crippen molar-refractivity contribution in [2.75, 3.05) is 0 Å². The number of hydrogen-bond acceptors (Lipinski definition) is 2. The third-order valence-corrected chi connectivity index (χ3v) is 1.67. The fourth-order valence-corrected chi connectivity index (χ4v) is 0.898. The lowest BCUT2D eigenvalue weighted by molar-refractivity contribution is -0.112. The summed E-state index contributed by atoms with van der Waals surface area (Å²) in [6, 6.07) is 0. The fraction of sp³-hybridized carbons (Fsp3) is 0.500. The minimum atomic E-state index is -0.824. The molecule has 0 radical (unpaired) electrons. The molecule has 8 heavy (non-hydrogen) atoms. The quantitative estimate of drug-likeness (QED) is 0.440. The third kappa shape index (κ3) is 0.779. The van der Waals surface area contributed by atoms with E-state index in [4.69, 9.17) is 11.5 Å². The second kappa shape index (κ2) is 1.90. The highest BCUT2D eigenvalue weighted by Crippen LogP contribution is 2.11. The largest absolute Gasteiger partial charge is 0.399 e. The molecule has 0 spiro atoms. The van der Waals surface area contributed by atoms with Gasteiger partial charge in [0.15, 0.2) is 0 Å². The number of hydrogen-bond donors (Lipinski definition) is 0. The van der Waals surface area contributed by atoms with Gasteiger partial charge in [0.25, 0.3) is 0 Å². The van der Waals surface area contributed by atoms with Crippen LogP contribution in [0.1, 0.15) is 12.8 Å². The molecule has 1 aliphatic heterocycles. The van der Waals surface area contributed by atoms with E-state index < -0.39 is 6.13 Å². The first-order valence-electron chi connectivity index (χ1n) is 2.41. The first kappa shape index (κ1) is 5.82. The lowest BCUT2D eigenvalue weighted by Gasteiger charge is -1.81. The fourth-order valence-electron chi connectivity index (χ4n) is 0.679. The van der Waals surface area contributed by atoms with Gasteiger partial charge in [-0.3, -0.25) is 0 Å². The Morgan fingerprint density at radius 2 is 1.62 bits per heavy atom. The first-order chi connectivity index (χ1) is 3.72. The van der Waals surface area contributed by atoms with Gasteiger partial charge in [-0.2, -0.15) is 11.5 Å². The molecule has 0 atom stereocenters. The number of halogens is 1. The van der Waals surface area contributed by atoms with E-state index in [1.807, 2.05) is 0 Å². The SMILES string of the molecule is O=C1CCC(=O)B1Cl. The van der Waals surface area contributed by atoms with Crippen LogP contribution in [0.4, 0.5) is 0 Å². The molecule has 0 aliphatic carbocycles. The summed E-state index contributed by atoms with van der Waals surface area (Å²) in [5.74, 6) is 0. The Morgan fingerprint density at radius 1 is 1.25 bits per heavy atom. The molecule has 1 rings (SSSR count). The molecule has 42 valence electrons. The predicted molar refractivity (Wildman–Crippen MR) is 30.9 cm³/mol. The number of carbonyl (C=O) groups excluding carboxylic acids is 2. The van der Waals surface area contributed by atoms with Crippen LogP contribution in [0.25, 0.3) is 0 Å². The maximum Gasteiger partial charge on any atom is 0.399 e. The van der Waals surface area contributed by atoms with Crippen LogP contribution in [0.15, 0.2) is 0 Å². The maximum absolute atomic E-state index is 10.4. The Balaban J connectivity index is 2.70. The molecular weight excluding hydrogens is 126 g/mol. The predicted octanol–water partition coefficient (Wildman–Crippen LogP) is 0.227. The van der Waals surface area contributed by atoms with Crippen molar-refractivity contribution < 1.29 is 9.59 Å². The molecule has 1 fully saturated rings. The van der Waals surface area contributed by atoms with Crippen molar-refractivity contribution in [1.82, 2.24) is 0 Å². The van der Waals surface area contributed by atoms with E-state index in [0.29, 0.717) is 12.8 Å². The van der Waals surface area contributed by atoms with Crippen LogP contribution in [0.5, 0.6) is 0 Å². The van der Waals surface area contributed by atoms with Crippen molar-refractivity contribution in [1.29, 1.82) is 0 Å². The highest BCUT2D eigenvalue weighted by atomic mass is 35.5. The van der Waals surface area contributed by atoms with Gasteiger partial charge in [-0.05, 0) is 0 Å². The molecule has 0 bridgehead atoms. The Morgan fingerprint density at radius 3 is 1.75 bits per heavy atom. The Labute approximate surface area is 52.2 Å². The first-order valence-corrected chi connectivity index (χ1v) is 2.85. The zero-order valence-corrected chi connectivity index (χ0v) is 4.94. The van der Waals surface area contributed by atoms with E-state index in [9.17, 15) is 9.59 Å². The zero-order valence-electron chi connectivity index (χ0n) is 4.19. The molecule has 0 aromatic carbocycles. The van der Waals surface area contributed by atoms with E-state index in [-0.39, 0.29) is 11.4 Å². The van der Waals surface area contributed by atoms with Gasteiger partial charge in [0.2, 0.25) is 0 Å². The standard InChI is InChI=1S/C4H4BClO2/c6-5-3(7)1-2-4(5)8/h1-2H2. The summed E-state index contributed by atoms with van der Waals surface area (Å²) >= 11 is 5.31. The molecule has 0 saturated carbocycles. The van der Waals surface area contributed by atoms with Crippen LogP contribution in [-0.4, -0.2) is 17.5 Å². The second-order valence-corrected chi connectivity index (χ2v) is 2.23. The summed E-state index contributed by atoms with van der Waals surface area (Å²) in [6.45, 7) is 0. The van der Waals surface area contributed by atoms with Crippen molar-refractivity contribution in [2.24, 2.45) is 0 Å². The van der Waals surface area contributed by atoms with Crippen molar-refractivity contribution >= 4 is 29.0 Å². The average Bonchev–Trinajstić information content (AvgIpc) is 1.98. The molecule has 2 nitrogen and oxygen atoms in total. The Hall–Kier alpha value is -0.305. The maximum atomic E-state index is 10.4. The van der Waals surface area contributed by atoms with Crippen molar-refractivity contribution in [3.05, 3.63) is 0 Å². The second-order valence-electron chi connectivity index (χ2n) is 1.80. The minimum absolute atomic E-state index is 0.128. The van der Waals surface area contributed by atoms with Gasteiger partial charge < -0.3 is 9.59 Å². The molecule has 1 heterocycles.